The Morgan fingerprint density at radius 2 is 1.87 bits per heavy atom. The van der Waals surface area contributed by atoms with Crippen molar-refractivity contribution >= 4 is 28.9 Å². The number of rotatable bonds is 4. The first kappa shape index (κ1) is 19.6. The smallest absolute Gasteiger partial charge is 0.274 e. The third-order valence-corrected chi connectivity index (χ3v) is 5.11. The second-order valence-electron chi connectivity index (χ2n) is 6.80. The number of hydrazone groups is 1. The molecule has 1 N–H and O–H groups in total. The second-order valence-corrected chi connectivity index (χ2v) is 7.23. The lowest BCUT2D eigenvalue weighted by atomic mass is 9.97. The van der Waals surface area contributed by atoms with E-state index in [1.807, 2.05) is 0 Å². The number of halogens is 1. The molecule has 0 spiro atoms. The van der Waals surface area contributed by atoms with Gasteiger partial charge in [-0.05, 0) is 35.9 Å². The minimum absolute atomic E-state index is 0.00930. The fourth-order valence-electron chi connectivity index (χ4n) is 3.42. The standard InChI is InChI=1S/C22H16ClN3O4/c23-16-9-10-21(27)18(12-16)19-13-20(15-7-4-8-17(11-15)26(29)30)25(24-19)22(28)14-5-2-1-3-6-14/h1-12,20,27H,13H2. The highest BCUT2D eigenvalue weighted by Crippen LogP contribution is 2.37. The number of hydrogen-bond donors (Lipinski definition) is 1. The summed E-state index contributed by atoms with van der Waals surface area (Å²) < 4.78 is 0. The van der Waals surface area contributed by atoms with Crippen LogP contribution in [0.4, 0.5) is 5.69 Å². The minimum Gasteiger partial charge on any atom is -0.507 e. The van der Waals surface area contributed by atoms with E-state index in [1.54, 1.807) is 54.6 Å². The van der Waals surface area contributed by atoms with Gasteiger partial charge in [0.2, 0.25) is 0 Å². The SMILES string of the molecule is O=C(c1ccccc1)N1N=C(c2cc(Cl)ccc2O)CC1c1cccc([N+](=O)[O-])c1. The lowest BCUT2D eigenvalue weighted by molar-refractivity contribution is -0.384. The van der Waals surface area contributed by atoms with Crippen molar-refractivity contribution in [3.8, 4) is 5.75 Å². The van der Waals surface area contributed by atoms with Crippen molar-refractivity contribution in [1.29, 1.82) is 0 Å². The van der Waals surface area contributed by atoms with Gasteiger partial charge in [-0.1, -0.05) is 41.9 Å². The number of nitro groups is 1. The van der Waals surface area contributed by atoms with Crippen LogP contribution in [-0.2, 0) is 0 Å². The predicted octanol–water partition coefficient (Wildman–Crippen LogP) is 4.95. The average molecular weight is 422 g/mol. The first-order valence-corrected chi connectivity index (χ1v) is 9.51. The topological polar surface area (TPSA) is 96.0 Å². The summed E-state index contributed by atoms with van der Waals surface area (Å²) in [5, 5.41) is 27.7. The summed E-state index contributed by atoms with van der Waals surface area (Å²) in [7, 11) is 0. The van der Waals surface area contributed by atoms with Crippen LogP contribution in [0.1, 0.15) is 33.9 Å². The first-order valence-electron chi connectivity index (χ1n) is 9.13. The zero-order valence-corrected chi connectivity index (χ0v) is 16.4. The normalized spacial score (nSPS) is 15.7. The predicted molar refractivity (Wildman–Crippen MR) is 113 cm³/mol. The molecule has 30 heavy (non-hydrogen) atoms. The number of hydrogen-bond acceptors (Lipinski definition) is 5. The van der Waals surface area contributed by atoms with Crippen molar-refractivity contribution in [3.05, 3.63) is 105 Å². The van der Waals surface area contributed by atoms with Crippen molar-refractivity contribution in [2.24, 2.45) is 5.10 Å². The van der Waals surface area contributed by atoms with Gasteiger partial charge in [0.1, 0.15) is 5.75 Å². The number of benzene rings is 3. The molecule has 1 unspecified atom stereocenters. The van der Waals surface area contributed by atoms with E-state index in [0.29, 0.717) is 27.4 Å². The van der Waals surface area contributed by atoms with Crippen LogP contribution in [0.2, 0.25) is 5.02 Å². The maximum Gasteiger partial charge on any atom is 0.274 e. The van der Waals surface area contributed by atoms with E-state index in [0.717, 1.165) is 0 Å². The minimum atomic E-state index is -0.564. The molecule has 4 rings (SSSR count). The van der Waals surface area contributed by atoms with Gasteiger partial charge in [-0.3, -0.25) is 14.9 Å². The van der Waals surface area contributed by atoms with Crippen LogP contribution in [0.5, 0.6) is 5.75 Å². The summed E-state index contributed by atoms with van der Waals surface area (Å²) in [6, 6.07) is 18.8. The monoisotopic (exact) mass is 421 g/mol. The van der Waals surface area contributed by atoms with Crippen LogP contribution in [0.3, 0.4) is 0 Å². The molecule has 0 aliphatic carbocycles. The van der Waals surface area contributed by atoms with Crippen LogP contribution in [-0.4, -0.2) is 26.7 Å². The van der Waals surface area contributed by atoms with Crippen LogP contribution < -0.4 is 0 Å². The van der Waals surface area contributed by atoms with E-state index in [-0.39, 0.29) is 23.8 Å². The van der Waals surface area contributed by atoms with E-state index >= 15 is 0 Å². The molecule has 150 valence electrons. The van der Waals surface area contributed by atoms with Crippen molar-refractivity contribution < 1.29 is 14.8 Å². The zero-order valence-electron chi connectivity index (χ0n) is 15.6. The van der Waals surface area contributed by atoms with Crippen LogP contribution in [0, 0.1) is 10.1 Å². The number of nitro benzene ring substituents is 1. The highest BCUT2D eigenvalue weighted by Gasteiger charge is 2.35. The molecule has 3 aromatic rings. The first-order chi connectivity index (χ1) is 14.4. The van der Waals surface area contributed by atoms with Gasteiger partial charge in [0, 0.05) is 34.7 Å². The molecule has 0 radical (unpaired) electrons. The largest absolute Gasteiger partial charge is 0.507 e. The Bertz CT molecular complexity index is 1160. The molecule has 0 bridgehead atoms. The molecule has 0 aromatic heterocycles. The number of amides is 1. The van der Waals surface area contributed by atoms with Gasteiger partial charge in [0.15, 0.2) is 0 Å². The summed E-state index contributed by atoms with van der Waals surface area (Å²) in [4.78, 5) is 23.9. The summed E-state index contributed by atoms with van der Waals surface area (Å²) in [6.07, 6.45) is 0.271. The van der Waals surface area contributed by atoms with E-state index < -0.39 is 11.0 Å². The average Bonchev–Trinajstić information content (AvgIpc) is 3.21. The summed E-state index contributed by atoms with van der Waals surface area (Å²) >= 11 is 6.08. The number of nitrogens with zero attached hydrogens (tertiary/aromatic N) is 3. The fraction of sp³-hybridized carbons (Fsp3) is 0.0909. The van der Waals surface area contributed by atoms with Gasteiger partial charge in [-0.15, -0.1) is 0 Å². The highest BCUT2D eigenvalue weighted by atomic mass is 35.5. The Hall–Kier alpha value is -3.71. The van der Waals surface area contributed by atoms with Gasteiger partial charge in [-0.25, -0.2) is 5.01 Å². The molecule has 1 atom stereocenters. The lowest BCUT2D eigenvalue weighted by Crippen LogP contribution is -2.27. The number of phenols is 1. The molecule has 0 saturated heterocycles. The molecule has 0 fully saturated rings. The quantitative estimate of drug-likeness (QED) is 0.476. The van der Waals surface area contributed by atoms with Crippen LogP contribution in [0.15, 0.2) is 77.9 Å². The lowest BCUT2D eigenvalue weighted by Gasteiger charge is -2.22. The van der Waals surface area contributed by atoms with Gasteiger partial charge >= 0.3 is 0 Å². The van der Waals surface area contributed by atoms with Gasteiger partial charge in [0.25, 0.3) is 11.6 Å². The number of phenolic OH excluding ortho intramolecular Hbond substituents is 1. The molecular formula is C22H16ClN3O4. The van der Waals surface area contributed by atoms with Gasteiger partial charge in [0.05, 0.1) is 16.7 Å². The Balaban J connectivity index is 1.79. The molecule has 1 aliphatic heterocycles. The summed E-state index contributed by atoms with van der Waals surface area (Å²) in [6.45, 7) is 0. The molecule has 8 heteroatoms. The third kappa shape index (κ3) is 3.75. The molecule has 1 aliphatic rings. The maximum absolute atomic E-state index is 13.2. The van der Waals surface area contributed by atoms with Crippen molar-refractivity contribution in [2.45, 2.75) is 12.5 Å². The van der Waals surface area contributed by atoms with Crippen LogP contribution >= 0.6 is 11.6 Å². The summed E-state index contributed by atoms with van der Waals surface area (Å²) in [5.41, 5.74) is 1.83. The Morgan fingerprint density at radius 1 is 1.10 bits per heavy atom. The van der Waals surface area contributed by atoms with Crippen LogP contribution in [0.25, 0.3) is 0 Å². The number of aromatic hydroxyl groups is 1. The van der Waals surface area contributed by atoms with Gasteiger partial charge < -0.3 is 5.11 Å². The van der Waals surface area contributed by atoms with E-state index in [9.17, 15) is 20.0 Å². The van der Waals surface area contributed by atoms with E-state index in [2.05, 4.69) is 5.10 Å². The number of carbonyl (C=O) groups excluding carboxylic acids is 1. The maximum atomic E-state index is 13.2. The number of non-ortho nitro benzene ring substituents is 1. The summed E-state index contributed by atoms with van der Waals surface area (Å²) in [5.74, 6) is -0.353. The van der Waals surface area contributed by atoms with E-state index in [1.165, 1.54) is 23.2 Å². The Kier molecular flexibility index (Phi) is 5.20. The molecule has 1 amide bonds. The second kappa shape index (κ2) is 7.96. The third-order valence-electron chi connectivity index (χ3n) is 4.87. The molecule has 7 nitrogen and oxygen atoms in total. The molecule has 1 heterocycles. The van der Waals surface area contributed by atoms with Gasteiger partial charge in [-0.2, -0.15) is 5.10 Å². The fourth-order valence-corrected chi connectivity index (χ4v) is 3.59. The zero-order chi connectivity index (χ0) is 21.3. The van der Waals surface area contributed by atoms with Crippen molar-refractivity contribution in [2.75, 3.05) is 0 Å². The van der Waals surface area contributed by atoms with Crippen molar-refractivity contribution in [3.63, 3.8) is 0 Å². The van der Waals surface area contributed by atoms with Crippen molar-refractivity contribution in [1.82, 2.24) is 5.01 Å². The molecular weight excluding hydrogens is 406 g/mol. The molecule has 0 saturated carbocycles. The molecule has 3 aromatic carbocycles. The number of carbonyl (C=O) groups is 1. The Morgan fingerprint density at radius 3 is 2.60 bits per heavy atom. The Labute approximate surface area is 177 Å². The highest BCUT2D eigenvalue weighted by molar-refractivity contribution is 6.31. The van der Waals surface area contributed by atoms with E-state index in [4.69, 9.17) is 11.6 Å².